The number of hydrogen-bond acceptors (Lipinski definition) is 2. The highest BCUT2D eigenvalue weighted by atomic mass is 16.5. The maximum atomic E-state index is 6.10. The Hall–Kier alpha value is -0.860. The molecule has 1 saturated heterocycles. The van der Waals surface area contributed by atoms with Crippen molar-refractivity contribution in [3.05, 3.63) is 34.9 Å². The average molecular weight is 247 g/mol. The van der Waals surface area contributed by atoms with Gasteiger partial charge >= 0.3 is 0 Å². The second-order valence-electron chi connectivity index (χ2n) is 5.31. The predicted octanol–water partition coefficient (Wildman–Crippen LogP) is 3.38. The van der Waals surface area contributed by atoms with Gasteiger partial charge in [0.2, 0.25) is 0 Å². The largest absolute Gasteiger partial charge is 0.373 e. The van der Waals surface area contributed by atoms with Crippen molar-refractivity contribution in [3.63, 3.8) is 0 Å². The molecule has 1 fully saturated rings. The van der Waals surface area contributed by atoms with Gasteiger partial charge in [-0.05, 0) is 49.9 Å². The van der Waals surface area contributed by atoms with Crippen LogP contribution in [0.3, 0.4) is 0 Å². The molecule has 1 aliphatic rings. The number of nitrogens with one attached hydrogen (secondary N) is 1. The monoisotopic (exact) mass is 247 g/mol. The first-order valence-corrected chi connectivity index (χ1v) is 7.12. The minimum absolute atomic E-state index is 0.277. The summed E-state index contributed by atoms with van der Waals surface area (Å²) < 4.78 is 6.10. The predicted molar refractivity (Wildman–Crippen MR) is 75.9 cm³/mol. The molecule has 1 aromatic carbocycles. The van der Waals surface area contributed by atoms with E-state index >= 15 is 0 Å². The molecule has 2 unspecified atom stereocenters. The summed E-state index contributed by atoms with van der Waals surface area (Å²) in [5.74, 6) is 0.610. The molecule has 2 nitrogen and oxygen atoms in total. The molecule has 1 aromatic rings. The van der Waals surface area contributed by atoms with Gasteiger partial charge in [0.05, 0.1) is 6.10 Å². The van der Waals surface area contributed by atoms with E-state index in [2.05, 4.69) is 44.3 Å². The molecule has 2 heteroatoms. The first kappa shape index (κ1) is 13.6. The number of benzene rings is 1. The van der Waals surface area contributed by atoms with Gasteiger partial charge in [0.15, 0.2) is 0 Å². The Bertz CT molecular complexity index is 368. The van der Waals surface area contributed by atoms with Crippen molar-refractivity contribution < 1.29 is 4.74 Å². The van der Waals surface area contributed by atoms with Crippen molar-refractivity contribution in [1.82, 2.24) is 5.32 Å². The van der Waals surface area contributed by atoms with E-state index < -0.39 is 0 Å². The first-order valence-electron chi connectivity index (χ1n) is 7.12. The highest BCUT2D eigenvalue weighted by Gasteiger charge is 2.29. The van der Waals surface area contributed by atoms with E-state index in [1.54, 1.807) is 0 Å². The van der Waals surface area contributed by atoms with Gasteiger partial charge in [0, 0.05) is 19.1 Å². The summed E-state index contributed by atoms with van der Waals surface area (Å²) >= 11 is 0. The maximum Gasteiger partial charge on any atom is 0.0870 e. The van der Waals surface area contributed by atoms with Crippen LogP contribution < -0.4 is 5.32 Å². The highest BCUT2D eigenvalue weighted by molar-refractivity contribution is 5.36. The molecule has 1 N–H and O–H groups in total. The molecule has 0 bridgehead atoms. The Kier molecular flexibility index (Phi) is 4.79. The van der Waals surface area contributed by atoms with Gasteiger partial charge in [-0.3, -0.25) is 0 Å². The van der Waals surface area contributed by atoms with Crippen LogP contribution in [0.1, 0.15) is 42.6 Å². The highest BCUT2D eigenvalue weighted by Crippen LogP contribution is 2.36. The van der Waals surface area contributed by atoms with Crippen LogP contribution in [0.15, 0.2) is 18.2 Å². The maximum absolute atomic E-state index is 6.10. The van der Waals surface area contributed by atoms with E-state index in [1.807, 2.05) is 0 Å². The smallest absolute Gasteiger partial charge is 0.0870 e. The Labute approximate surface area is 111 Å². The van der Waals surface area contributed by atoms with Crippen LogP contribution in [0.25, 0.3) is 0 Å². The van der Waals surface area contributed by atoms with Crippen molar-refractivity contribution in [2.45, 2.75) is 39.7 Å². The standard InChI is InChI=1S/C16H25NO/c1-4-17-11-14-9-6-10-18-16(14)15-12(2)7-5-8-13(15)3/h5,7-8,14,16-17H,4,6,9-11H2,1-3H3. The molecule has 0 spiro atoms. The number of hydrogen-bond donors (Lipinski definition) is 1. The van der Waals surface area contributed by atoms with Gasteiger partial charge in [-0.2, -0.15) is 0 Å². The number of rotatable bonds is 4. The van der Waals surface area contributed by atoms with Crippen LogP contribution >= 0.6 is 0 Å². The third kappa shape index (κ3) is 2.93. The Morgan fingerprint density at radius 2 is 2.00 bits per heavy atom. The second kappa shape index (κ2) is 6.35. The number of ether oxygens (including phenoxy) is 1. The van der Waals surface area contributed by atoms with Crippen LogP contribution in [0.4, 0.5) is 0 Å². The molecule has 0 aliphatic carbocycles. The van der Waals surface area contributed by atoms with E-state index in [-0.39, 0.29) is 6.10 Å². The summed E-state index contributed by atoms with van der Waals surface area (Å²) in [6.07, 6.45) is 2.74. The Balaban J connectivity index is 2.22. The van der Waals surface area contributed by atoms with Gasteiger partial charge < -0.3 is 10.1 Å². The fourth-order valence-electron chi connectivity index (χ4n) is 2.98. The molecule has 2 rings (SSSR count). The van der Waals surface area contributed by atoms with E-state index in [0.29, 0.717) is 5.92 Å². The summed E-state index contributed by atoms with van der Waals surface area (Å²) in [5.41, 5.74) is 4.15. The van der Waals surface area contributed by atoms with Crippen molar-refractivity contribution in [1.29, 1.82) is 0 Å². The summed E-state index contributed by atoms with van der Waals surface area (Å²) in [5, 5.41) is 3.48. The SMILES string of the molecule is CCNCC1CCCOC1c1c(C)cccc1C. The first-order chi connectivity index (χ1) is 8.74. The summed E-state index contributed by atoms with van der Waals surface area (Å²) in [7, 11) is 0. The normalized spacial score (nSPS) is 24.2. The van der Waals surface area contributed by atoms with Crippen molar-refractivity contribution >= 4 is 0 Å². The molecule has 0 amide bonds. The minimum atomic E-state index is 0.277. The lowest BCUT2D eigenvalue weighted by atomic mass is 9.85. The van der Waals surface area contributed by atoms with Gasteiger partial charge in [0.1, 0.15) is 0 Å². The lowest BCUT2D eigenvalue weighted by Gasteiger charge is -2.34. The fraction of sp³-hybridized carbons (Fsp3) is 0.625. The molecule has 100 valence electrons. The molecule has 2 atom stereocenters. The van der Waals surface area contributed by atoms with Gasteiger partial charge in [0.25, 0.3) is 0 Å². The van der Waals surface area contributed by atoms with Crippen LogP contribution in [-0.4, -0.2) is 19.7 Å². The zero-order valence-electron chi connectivity index (χ0n) is 11.8. The van der Waals surface area contributed by atoms with Crippen LogP contribution in [0.2, 0.25) is 0 Å². The molecular formula is C16H25NO. The van der Waals surface area contributed by atoms with Gasteiger partial charge in [-0.1, -0.05) is 25.1 Å². The van der Waals surface area contributed by atoms with Crippen molar-refractivity contribution in [2.75, 3.05) is 19.7 Å². The molecule has 1 aliphatic heterocycles. The van der Waals surface area contributed by atoms with Crippen LogP contribution in [0, 0.1) is 19.8 Å². The third-order valence-corrected chi connectivity index (χ3v) is 3.93. The number of aryl methyl sites for hydroxylation is 2. The molecular weight excluding hydrogens is 222 g/mol. The van der Waals surface area contributed by atoms with Crippen LogP contribution in [0.5, 0.6) is 0 Å². The van der Waals surface area contributed by atoms with E-state index in [1.165, 1.54) is 29.5 Å². The topological polar surface area (TPSA) is 21.3 Å². The van der Waals surface area contributed by atoms with Crippen molar-refractivity contribution in [2.24, 2.45) is 5.92 Å². The minimum Gasteiger partial charge on any atom is -0.373 e. The van der Waals surface area contributed by atoms with Gasteiger partial charge in [-0.25, -0.2) is 0 Å². The van der Waals surface area contributed by atoms with Crippen molar-refractivity contribution in [3.8, 4) is 0 Å². The summed E-state index contributed by atoms with van der Waals surface area (Å²) in [4.78, 5) is 0. The molecule has 0 aromatic heterocycles. The van der Waals surface area contributed by atoms with Crippen LogP contribution in [-0.2, 0) is 4.74 Å². The summed E-state index contributed by atoms with van der Waals surface area (Å²) in [6.45, 7) is 9.57. The average Bonchev–Trinajstić information content (AvgIpc) is 2.37. The van der Waals surface area contributed by atoms with E-state index in [0.717, 1.165) is 19.7 Å². The van der Waals surface area contributed by atoms with E-state index in [4.69, 9.17) is 4.74 Å². The lowest BCUT2D eigenvalue weighted by Crippen LogP contribution is -2.32. The molecule has 0 radical (unpaired) electrons. The Morgan fingerprint density at radius 3 is 2.67 bits per heavy atom. The molecule has 18 heavy (non-hydrogen) atoms. The fourth-order valence-corrected chi connectivity index (χ4v) is 2.98. The van der Waals surface area contributed by atoms with Gasteiger partial charge in [-0.15, -0.1) is 0 Å². The van der Waals surface area contributed by atoms with E-state index in [9.17, 15) is 0 Å². The third-order valence-electron chi connectivity index (χ3n) is 3.93. The Morgan fingerprint density at radius 1 is 1.28 bits per heavy atom. The summed E-state index contributed by atoms with van der Waals surface area (Å²) in [6, 6.07) is 6.53. The molecule has 1 heterocycles. The zero-order valence-corrected chi connectivity index (χ0v) is 11.8. The zero-order chi connectivity index (χ0) is 13.0. The lowest BCUT2D eigenvalue weighted by molar-refractivity contribution is -0.0283. The quantitative estimate of drug-likeness (QED) is 0.880. The molecule has 0 saturated carbocycles. The second-order valence-corrected chi connectivity index (χ2v) is 5.31.